The molecule has 1 atom stereocenters. The van der Waals surface area contributed by atoms with Gasteiger partial charge >= 0.3 is 0 Å². The second kappa shape index (κ2) is 13.6. The van der Waals surface area contributed by atoms with Gasteiger partial charge in [-0.15, -0.1) is 0 Å². The van der Waals surface area contributed by atoms with Crippen LogP contribution in [-0.2, 0) is 4.74 Å². The SMILES string of the molecule is CN/C=C\C(N)=NC(=O)c1cc(Oc2ccc(C(=O)/C=C/N(C)C)cc2)cc(O[C@@H](C)COC)c1.[HH]. The second-order valence-electron chi connectivity index (χ2n) is 7.81. The van der Waals surface area contributed by atoms with Crippen LogP contribution in [0.4, 0.5) is 0 Å². The minimum atomic E-state index is -0.549. The summed E-state index contributed by atoms with van der Waals surface area (Å²) in [6.07, 6.45) is 5.97. The van der Waals surface area contributed by atoms with E-state index in [4.69, 9.17) is 19.9 Å². The van der Waals surface area contributed by atoms with E-state index >= 15 is 0 Å². The van der Waals surface area contributed by atoms with Crippen molar-refractivity contribution in [3.05, 3.63) is 78.1 Å². The Morgan fingerprint density at radius 1 is 1.09 bits per heavy atom. The van der Waals surface area contributed by atoms with Crippen molar-refractivity contribution < 1.29 is 25.2 Å². The Labute approximate surface area is 207 Å². The Balaban J connectivity index is 0.00000648. The standard InChI is InChI=1S/C26H32N4O5.H2/c1-18(17-33-5)34-22-14-20(26(32)29-25(27)10-12-28-2)15-23(16-22)35-21-8-6-19(7-9-21)24(31)11-13-30(3)4;/h6-16,18,28H,17H2,1-5H3,(H2,27,29,32);1H/b12-10-,13-11+;/t18-;/m0./s1. The number of nitrogens with one attached hydrogen (secondary N) is 1. The van der Waals surface area contributed by atoms with Gasteiger partial charge in [0, 0.05) is 59.1 Å². The van der Waals surface area contributed by atoms with Gasteiger partial charge in [-0.2, -0.15) is 4.99 Å². The molecule has 2 rings (SSSR count). The molecule has 0 spiro atoms. The van der Waals surface area contributed by atoms with Gasteiger partial charge in [0.05, 0.1) is 6.61 Å². The number of aliphatic imine (C=N–C) groups is 1. The third kappa shape index (κ3) is 9.34. The van der Waals surface area contributed by atoms with Crippen LogP contribution < -0.4 is 20.5 Å². The predicted molar refractivity (Wildman–Crippen MR) is 138 cm³/mol. The van der Waals surface area contributed by atoms with Crippen LogP contribution in [-0.4, -0.2) is 63.4 Å². The van der Waals surface area contributed by atoms with E-state index in [2.05, 4.69) is 10.3 Å². The summed E-state index contributed by atoms with van der Waals surface area (Å²) in [7, 11) is 6.97. The predicted octanol–water partition coefficient (Wildman–Crippen LogP) is 3.63. The zero-order chi connectivity index (χ0) is 25.8. The van der Waals surface area contributed by atoms with Crippen molar-refractivity contribution in [2.45, 2.75) is 13.0 Å². The third-order valence-corrected chi connectivity index (χ3v) is 4.42. The van der Waals surface area contributed by atoms with Crippen LogP contribution in [0.5, 0.6) is 17.2 Å². The second-order valence-corrected chi connectivity index (χ2v) is 7.81. The lowest BCUT2D eigenvalue weighted by Gasteiger charge is -2.16. The number of carbonyl (C=O) groups is 2. The van der Waals surface area contributed by atoms with Gasteiger partial charge in [0.2, 0.25) is 0 Å². The molecule has 188 valence electrons. The van der Waals surface area contributed by atoms with Crippen LogP contribution in [0.2, 0.25) is 0 Å². The molecule has 0 saturated carbocycles. The van der Waals surface area contributed by atoms with Crippen molar-refractivity contribution >= 4 is 17.5 Å². The number of carbonyl (C=O) groups excluding carboxylic acids is 2. The fraction of sp³-hybridized carbons (Fsp3) is 0.269. The Morgan fingerprint density at radius 3 is 2.40 bits per heavy atom. The largest absolute Gasteiger partial charge is 0.488 e. The van der Waals surface area contributed by atoms with Gasteiger partial charge in [0.1, 0.15) is 29.2 Å². The van der Waals surface area contributed by atoms with Crippen LogP contribution in [0.25, 0.3) is 0 Å². The summed E-state index contributed by atoms with van der Waals surface area (Å²) in [5, 5.41) is 2.78. The molecule has 2 aromatic rings. The van der Waals surface area contributed by atoms with Gasteiger partial charge in [-0.1, -0.05) is 0 Å². The van der Waals surface area contributed by atoms with Gasteiger partial charge in [-0.25, -0.2) is 0 Å². The molecule has 3 N–H and O–H groups in total. The number of hydrogen-bond acceptors (Lipinski definition) is 7. The molecule has 35 heavy (non-hydrogen) atoms. The first-order chi connectivity index (χ1) is 16.7. The Bertz CT molecular complexity index is 1100. The number of rotatable bonds is 12. The minimum Gasteiger partial charge on any atom is -0.488 e. The highest BCUT2D eigenvalue weighted by atomic mass is 16.5. The van der Waals surface area contributed by atoms with Crippen LogP contribution in [0.3, 0.4) is 0 Å². The molecule has 0 fully saturated rings. The average molecular weight is 483 g/mol. The van der Waals surface area contributed by atoms with E-state index in [0.717, 1.165) is 0 Å². The van der Waals surface area contributed by atoms with Gasteiger partial charge in [-0.05, 0) is 55.6 Å². The van der Waals surface area contributed by atoms with Crippen molar-refractivity contribution in [2.75, 3.05) is 34.9 Å². The number of amidine groups is 1. The van der Waals surface area contributed by atoms with E-state index in [1.54, 1.807) is 73.9 Å². The van der Waals surface area contributed by atoms with Gasteiger partial charge in [0.25, 0.3) is 5.91 Å². The maximum atomic E-state index is 12.7. The number of allylic oxidation sites excluding steroid dienone is 1. The summed E-state index contributed by atoms with van der Waals surface area (Å²) in [6.45, 7) is 2.21. The number of ketones is 1. The maximum Gasteiger partial charge on any atom is 0.279 e. The summed E-state index contributed by atoms with van der Waals surface area (Å²) in [6, 6.07) is 11.5. The lowest BCUT2D eigenvalue weighted by atomic mass is 10.1. The molecular formula is C26H34N4O5. The zero-order valence-electron chi connectivity index (χ0n) is 20.6. The molecule has 0 heterocycles. The number of hydrogen-bond donors (Lipinski definition) is 2. The molecule has 0 aliphatic carbocycles. The molecule has 9 nitrogen and oxygen atoms in total. The van der Waals surface area contributed by atoms with Gasteiger partial charge in [0.15, 0.2) is 5.78 Å². The van der Waals surface area contributed by atoms with E-state index in [-0.39, 0.29) is 24.7 Å². The topological polar surface area (TPSA) is 115 Å². The Hall–Kier alpha value is -4.11. The highest BCUT2D eigenvalue weighted by Gasteiger charge is 2.13. The first-order valence-corrected chi connectivity index (χ1v) is 10.9. The van der Waals surface area contributed by atoms with Crippen LogP contribution >= 0.6 is 0 Å². The summed E-state index contributed by atoms with van der Waals surface area (Å²) in [5.41, 5.74) is 6.55. The quantitative estimate of drug-likeness (QED) is 0.204. The molecule has 0 saturated heterocycles. The van der Waals surface area contributed by atoms with E-state index in [1.807, 2.05) is 21.0 Å². The molecule has 0 bridgehead atoms. The van der Waals surface area contributed by atoms with E-state index in [0.29, 0.717) is 29.4 Å². The minimum absolute atomic E-state index is 0. The molecular weight excluding hydrogens is 448 g/mol. The van der Waals surface area contributed by atoms with Crippen LogP contribution in [0.1, 0.15) is 29.1 Å². The van der Waals surface area contributed by atoms with Crippen LogP contribution in [0, 0.1) is 0 Å². The highest BCUT2D eigenvalue weighted by molar-refractivity contribution is 6.06. The van der Waals surface area contributed by atoms with Crippen molar-refractivity contribution in [3.8, 4) is 17.2 Å². The van der Waals surface area contributed by atoms with Crippen molar-refractivity contribution in [1.82, 2.24) is 10.2 Å². The molecule has 0 aromatic heterocycles. The maximum absolute atomic E-state index is 12.7. The van der Waals surface area contributed by atoms with Gasteiger partial charge < -0.3 is 30.2 Å². The Kier molecular flexibility index (Phi) is 10.5. The van der Waals surface area contributed by atoms with Crippen molar-refractivity contribution in [2.24, 2.45) is 10.7 Å². The highest BCUT2D eigenvalue weighted by Crippen LogP contribution is 2.29. The zero-order valence-corrected chi connectivity index (χ0v) is 20.6. The normalized spacial score (nSPS) is 12.5. The van der Waals surface area contributed by atoms with Crippen LogP contribution in [0.15, 0.2) is 72.0 Å². The summed E-state index contributed by atoms with van der Waals surface area (Å²) < 4.78 is 16.9. The molecule has 0 unspecified atom stereocenters. The molecule has 0 radical (unpaired) electrons. The number of nitrogens with zero attached hydrogens (tertiary/aromatic N) is 2. The fourth-order valence-corrected chi connectivity index (χ4v) is 2.85. The van der Waals surface area contributed by atoms with E-state index < -0.39 is 5.91 Å². The molecule has 0 aliphatic heterocycles. The number of ether oxygens (including phenoxy) is 3. The molecule has 1 amide bonds. The first-order valence-electron chi connectivity index (χ1n) is 10.9. The lowest BCUT2D eigenvalue weighted by Crippen LogP contribution is -2.18. The summed E-state index contributed by atoms with van der Waals surface area (Å²) in [4.78, 5) is 30.6. The van der Waals surface area contributed by atoms with E-state index in [1.165, 1.54) is 12.2 Å². The number of methoxy groups -OCH3 is 1. The summed E-state index contributed by atoms with van der Waals surface area (Å²) in [5.74, 6) is 0.639. The first kappa shape index (κ1) is 27.1. The monoisotopic (exact) mass is 482 g/mol. The Morgan fingerprint density at radius 2 is 1.77 bits per heavy atom. The number of benzene rings is 2. The number of amides is 1. The van der Waals surface area contributed by atoms with Gasteiger partial charge in [-0.3, -0.25) is 9.59 Å². The number of nitrogens with two attached hydrogens (primary N) is 1. The fourth-order valence-electron chi connectivity index (χ4n) is 2.85. The van der Waals surface area contributed by atoms with Crippen molar-refractivity contribution in [1.29, 1.82) is 0 Å². The molecule has 2 aromatic carbocycles. The summed E-state index contributed by atoms with van der Waals surface area (Å²) >= 11 is 0. The van der Waals surface area contributed by atoms with Crippen molar-refractivity contribution in [3.63, 3.8) is 0 Å². The smallest absolute Gasteiger partial charge is 0.279 e. The molecule has 9 heteroatoms. The lowest BCUT2D eigenvalue weighted by molar-refractivity contribution is 0.0915. The van der Waals surface area contributed by atoms with E-state index in [9.17, 15) is 9.59 Å². The third-order valence-electron chi connectivity index (χ3n) is 4.42. The average Bonchev–Trinajstić information content (AvgIpc) is 2.81. The molecule has 0 aliphatic rings.